The predicted molar refractivity (Wildman–Crippen MR) is 40.0 cm³/mol. The Morgan fingerprint density at radius 3 is 3.20 bits per heavy atom. The maximum Gasteiger partial charge on any atom is 0.296 e. The molecule has 2 aromatic rings. The minimum absolute atomic E-state index is 0.833. The van der Waals surface area contributed by atoms with E-state index in [1.807, 2.05) is 6.07 Å². The van der Waals surface area contributed by atoms with Crippen molar-refractivity contribution in [2.24, 2.45) is 0 Å². The van der Waals surface area contributed by atoms with Gasteiger partial charge in [0.15, 0.2) is 5.58 Å². The Balaban J connectivity index is 2.93. The van der Waals surface area contributed by atoms with E-state index in [1.54, 1.807) is 12.4 Å². The first kappa shape index (κ1) is 5.90. The van der Waals surface area contributed by atoms with Crippen molar-refractivity contribution in [3.05, 3.63) is 18.5 Å². The summed E-state index contributed by atoms with van der Waals surface area (Å²) < 4.78 is 6.02. The monoisotopic (exact) mass is 148 g/mol. The SMILES string of the molecule is [AlH2][c]1noc2ccncc12. The van der Waals surface area contributed by atoms with Crippen molar-refractivity contribution >= 4 is 31.8 Å². The molecule has 2 rings (SSSR count). The zero-order valence-corrected chi connectivity index (χ0v) is 7.53. The normalized spacial score (nSPS) is 10.4. The van der Waals surface area contributed by atoms with Crippen LogP contribution in [0.3, 0.4) is 0 Å². The minimum atomic E-state index is 0.833. The van der Waals surface area contributed by atoms with E-state index in [4.69, 9.17) is 4.52 Å². The van der Waals surface area contributed by atoms with Crippen molar-refractivity contribution in [1.82, 2.24) is 10.1 Å². The summed E-state index contributed by atoms with van der Waals surface area (Å²) in [6, 6.07) is 1.82. The summed E-state index contributed by atoms with van der Waals surface area (Å²) in [7, 11) is 0. The molecule has 0 N–H and O–H groups in total. The molecule has 10 heavy (non-hydrogen) atoms. The van der Waals surface area contributed by atoms with E-state index in [1.165, 1.54) is 0 Å². The number of hydrogen-bond acceptors (Lipinski definition) is 3. The first-order valence-electron chi connectivity index (χ1n) is 3.04. The van der Waals surface area contributed by atoms with Gasteiger partial charge in [-0.1, -0.05) is 0 Å². The largest absolute Gasteiger partial charge is 0.358 e. The highest BCUT2D eigenvalue weighted by Crippen LogP contribution is 2.06. The van der Waals surface area contributed by atoms with Gasteiger partial charge in [-0.25, -0.2) is 0 Å². The van der Waals surface area contributed by atoms with Crippen LogP contribution in [-0.2, 0) is 0 Å². The average Bonchev–Trinajstić information content (AvgIpc) is 2.34. The van der Waals surface area contributed by atoms with E-state index in [2.05, 4.69) is 10.1 Å². The smallest absolute Gasteiger partial charge is 0.296 e. The maximum atomic E-state index is 4.99. The number of aromatic nitrogens is 2. The topological polar surface area (TPSA) is 38.9 Å². The lowest BCUT2D eigenvalue weighted by Gasteiger charge is -1.82. The summed E-state index contributed by atoms with van der Waals surface area (Å²) in [6.45, 7) is 0. The number of fused-ring (bicyclic) bond motifs is 1. The van der Waals surface area contributed by atoms with Crippen LogP contribution in [-0.4, -0.2) is 26.4 Å². The molecule has 3 nitrogen and oxygen atoms in total. The third kappa shape index (κ3) is 0.738. The first-order valence-corrected chi connectivity index (χ1v) is 4.04. The Morgan fingerprint density at radius 2 is 2.40 bits per heavy atom. The fourth-order valence-electron chi connectivity index (χ4n) is 0.900. The number of pyridine rings is 1. The Labute approximate surface area is 65.5 Å². The van der Waals surface area contributed by atoms with E-state index in [-0.39, 0.29) is 0 Å². The summed E-state index contributed by atoms with van der Waals surface area (Å²) in [5.74, 6) is 0. The molecule has 0 fully saturated rings. The van der Waals surface area contributed by atoms with Crippen LogP contribution < -0.4 is 4.56 Å². The summed E-state index contributed by atoms with van der Waals surface area (Å²) in [5, 5.41) is 4.89. The molecule has 2 aromatic heterocycles. The minimum Gasteiger partial charge on any atom is -0.358 e. The summed E-state index contributed by atoms with van der Waals surface area (Å²) in [5.41, 5.74) is 0.833. The Kier molecular flexibility index (Phi) is 1.23. The molecular formula is C6H5AlN2O. The van der Waals surface area contributed by atoms with Gasteiger partial charge in [-0.3, -0.25) is 4.98 Å². The molecule has 0 atom stereocenters. The Hall–Kier alpha value is -0.848. The van der Waals surface area contributed by atoms with Crippen molar-refractivity contribution < 1.29 is 4.52 Å². The second kappa shape index (κ2) is 2.08. The van der Waals surface area contributed by atoms with Gasteiger partial charge in [0.05, 0.1) is 0 Å². The highest BCUT2D eigenvalue weighted by Gasteiger charge is 1.99. The zero-order valence-electron chi connectivity index (χ0n) is 5.53. The molecule has 0 aliphatic heterocycles. The third-order valence-corrected chi connectivity index (χ3v) is 2.17. The molecule has 0 aromatic carbocycles. The average molecular weight is 148 g/mol. The molecule has 0 aliphatic carbocycles. The van der Waals surface area contributed by atoms with E-state index < -0.39 is 0 Å². The van der Waals surface area contributed by atoms with Crippen LogP contribution in [0.1, 0.15) is 0 Å². The molecule has 0 aliphatic rings. The molecule has 0 amide bonds. The molecule has 0 radical (unpaired) electrons. The quantitative estimate of drug-likeness (QED) is 0.472. The van der Waals surface area contributed by atoms with Gasteiger partial charge in [-0.2, -0.15) is 0 Å². The van der Waals surface area contributed by atoms with E-state index in [0.29, 0.717) is 0 Å². The number of hydrogen-bond donors (Lipinski definition) is 0. The molecule has 0 unspecified atom stereocenters. The molecule has 2 heterocycles. The van der Waals surface area contributed by atoms with Gasteiger partial charge < -0.3 is 4.52 Å². The van der Waals surface area contributed by atoms with Gasteiger partial charge in [-0.15, -0.1) is 5.16 Å². The lowest BCUT2D eigenvalue weighted by molar-refractivity contribution is 0.463. The van der Waals surface area contributed by atoms with Crippen LogP contribution in [0.4, 0.5) is 0 Å². The van der Waals surface area contributed by atoms with E-state index in [9.17, 15) is 0 Å². The van der Waals surface area contributed by atoms with Crippen LogP contribution in [0.25, 0.3) is 11.0 Å². The zero-order chi connectivity index (χ0) is 6.97. The first-order chi connectivity index (χ1) is 4.88. The van der Waals surface area contributed by atoms with Gasteiger partial charge in [0.25, 0.3) is 16.3 Å². The summed E-state index contributed by atoms with van der Waals surface area (Å²) >= 11 is 0.914. The van der Waals surface area contributed by atoms with Gasteiger partial charge >= 0.3 is 0 Å². The van der Waals surface area contributed by atoms with Crippen molar-refractivity contribution in [1.29, 1.82) is 0 Å². The third-order valence-electron chi connectivity index (χ3n) is 1.45. The second-order valence-corrected chi connectivity index (χ2v) is 3.09. The lowest BCUT2D eigenvalue weighted by Crippen LogP contribution is -2.01. The lowest BCUT2D eigenvalue weighted by atomic mass is 10.4. The summed E-state index contributed by atoms with van der Waals surface area (Å²) in [4.78, 5) is 3.97. The maximum absolute atomic E-state index is 4.99. The van der Waals surface area contributed by atoms with Crippen molar-refractivity contribution in [2.75, 3.05) is 0 Å². The van der Waals surface area contributed by atoms with Crippen molar-refractivity contribution in [3.8, 4) is 0 Å². The van der Waals surface area contributed by atoms with E-state index >= 15 is 0 Å². The van der Waals surface area contributed by atoms with Gasteiger partial charge in [-0.05, 0) is 0 Å². The highest BCUT2D eigenvalue weighted by molar-refractivity contribution is 6.36. The predicted octanol–water partition coefficient (Wildman–Crippen LogP) is -0.519. The molecule has 4 heteroatoms. The van der Waals surface area contributed by atoms with Crippen LogP contribution >= 0.6 is 0 Å². The van der Waals surface area contributed by atoms with Crippen LogP contribution in [0, 0.1) is 0 Å². The molecule has 0 saturated carbocycles. The molecule has 0 saturated heterocycles. The van der Waals surface area contributed by atoms with E-state index in [0.717, 1.165) is 31.8 Å². The Bertz CT molecular complexity index is 357. The van der Waals surface area contributed by atoms with Crippen LogP contribution in [0.2, 0.25) is 0 Å². The fourth-order valence-corrected chi connectivity index (χ4v) is 1.37. The fraction of sp³-hybridized carbons (Fsp3) is 0. The second-order valence-electron chi connectivity index (χ2n) is 2.14. The van der Waals surface area contributed by atoms with Crippen LogP contribution in [0.5, 0.6) is 0 Å². The molecule has 0 bridgehead atoms. The number of nitrogens with zero attached hydrogens (tertiary/aromatic N) is 2. The molecule has 0 spiro atoms. The van der Waals surface area contributed by atoms with Crippen molar-refractivity contribution in [2.45, 2.75) is 0 Å². The van der Waals surface area contributed by atoms with Crippen LogP contribution in [0.15, 0.2) is 23.0 Å². The Morgan fingerprint density at radius 1 is 1.50 bits per heavy atom. The highest BCUT2D eigenvalue weighted by atomic mass is 27.0. The summed E-state index contributed by atoms with van der Waals surface area (Å²) in [6.07, 6.45) is 3.49. The molecular weight excluding hydrogens is 143 g/mol. The van der Waals surface area contributed by atoms with Gasteiger partial charge in [0.2, 0.25) is 0 Å². The van der Waals surface area contributed by atoms with Crippen molar-refractivity contribution in [3.63, 3.8) is 0 Å². The standard InChI is InChI=1S/C6H3N2O.Al.2H/c1-2-7-3-5-4-8-9-6(1)5;;;/h1-3H;;;. The van der Waals surface area contributed by atoms with Gasteiger partial charge in [0.1, 0.15) is 0 Å². The number of rotatable bonds is 0. The molecule has 48 valence electrons. The van der Waals surface area contributed by atoms with Gasteiger partial charge in [0, 0.05) is 28.4 Å².